The van der Waals surface area contributed by atoms with Crippen molar-refractivity contribution in [2.45, 2.75) is 18.9 Å². The van der Waals surface area contributed by atoms with E-state index in [9.17, 15) is 4.79 Å². The molecule has 2 aliphatic heterocycles. The van der Waals surface area contributed by atoms with Crippen molar-refractivity contribution in [3.8, 4) is 11.3 Å². The molecule has 3 aromatic rings. The molecular formula is C23H24N4O2. The molecule has 2 aliphatic rings. The van der Waals surface area contributed by atoms with Crippen LogP contribution in [0, 0.1) is 0 Å². The molecule has 0 radical (unpaired) electrons. The molecule has 0 bridgehead atoms. The number of carbonyl (C=O) groups excluding carboxylic acids is 1. The SMILES string of the molecule is O=C(C1CCCO1)N1CCN(c2ccc(-c3ccc4ccccc4c3)nn2)CC1. The van der Waals surface area contributed by atoms with Gasteiger partial charge in [-0.05, 0) is 41.8 Å². The number of hydrogen-bond acceptors (Lipinski definition) is 5. The van der Waals surface area contributed by atoms with Crippen LogP contribution < -0.4 is 4.90 Å². The van der Waals surface area contributed by atoms with E-state index < -0.39 is 0 Å². The highest BCUT2D eigenvalue weighted by Gasteiger charge is 2.30. The number of carbonyl (C=O) groups is 1. The molecule has 1 aromatic heterocycles. The lowest BCUT2D eigenvalue weighted by molar-refractivity contribution is -0.141. The Kier molecular flexibility index (Phi) is 4.86. The van der Waals surface area contributed by atoms with Crippen molar-refractivity contribution in [3.05, 3.63) is 54.6 Å². The Morgan fingerprint density at radius 1 is 0.931 bits per heavy atom. The van der Waals surface area contributed by atoms with E-state index in [2.05, 4.69) is 45.4 Å². The molecule has 0 aliphatic carbocycles. The van der Waals surface area contributed by atoms with Gasteiger partial charge in [0.2, 0.25) is 0 Å². The molecule has 1 atom stereocenters. The second-order valence-corrected chi connectivity index (χ2v) is 7.65. The molecule has 2 saturated heterocycles. The molecule has 0 spiro atoms. The van der Waals surface area contributed by atoms with Crippen LogP contribution in [0.25, 0.3) is 22.0 Å². The first-order valence-corrected chi connectivity index (χ1v) is 10.3. The molecule has 6 heteroatoms. The molecule has 2 fully saturated rings. The van der Waals surface area contributed by atoms with Crippen molar-refractivity contribution in [2.75, 3.05) is 37.7 Å². The summed E-state index contributed by atoms with van der Waals surface area (Å²) >= 11 is 0. The zero-order valence-electron chi connectivity index (χ0n) is 16.3. The summed E-state index contributed by atoms with van der Waals surface area (Å²) in [6, 6.07) is 18.7. The largest absolute Gasteiger partial charge is 0.368 e. The van der Waals surface area contributed by atoms with Crippen LogP contribution in [0.5, 0.6) is 0 Å². The van der Waals surface area contributed by atoms with Crippen LogP contribution in [0.15, 0.2) is 54.6 Å². The minimum Gasteiger partial charge on any atom is -0.368 e. The minimum atomic E-state index is -0.234. The summed E-state index contributed by atoms with van der Waals surface area (Å²) in [4.78, 5) is 16.6. The van der Waals surface area contributed by atoms with E-state index in [1.54, 1.807) is 0 Å². The van der Waals surface area contributed by atoms with Crippen LogP contribution in [0.4, 0.5) is 5.82 Å². The van der Waals surface area contributed by atoms with Gasteiger partial charge in [-0.3, -0.25) is 4.79 Å². The summed E-state index contributed by atoms with van der Waals surface area (Å²) in [6.07, 6.45) is 1.60. The van der Waals surface area contributed by atoms with Crippen molar-refractivity contribution in [1.82, 2.24) is 15.1 Å². The fourth-order valence-corrected chi connectivity index (χ4v) is 4.13. The van der Waals surface area contributed by atoms with Gasteiger partial charge in [0, 0.05) is 38.3 Å². The highest BCUT2D eigenvalue weighted by atomic mass is 16.5. The normalized spacial score (nSPS) is 19.7. The number of hydrogen-bond donors (Lipinski definition) is 0. The number of piperazine rings is 1. The Morgan fingerprint density at radius 2 is 1.76 bits per heavy atom. The van der Waals surface area contributed by atoms with Crippen LogP contribution in [0.2, 0.25) is 0 Å². The predicted molar refractivity (Wildman–Crippen MR) is 113 cm³/mol. The number of nitrogens with zero attached hydrogens (tertiary/aromatic N) is 4. The van der Waals surface area contributed by atoms with E-state index in [4.69, 9.17) is 4.74 Å². The summed E-state index contributed by atoms with van der Waals surface area (Å²) in [5.41, 5.74) is 1.93. The highest BCUT2D eigenvalue weighted by molar-refractivity contribution is 5.86. The smallest absolute Gasteiger partial charge is 0.251 e. The minimum absolute atomic E-state index is 0.139. The van der Waals surface area contributed by atoms with Gasteiger partial charge in [0.05, 0.1) is 5.69 Å². The molecule has 1 amide bonds. The van der Waals surface area contributed by atoms with E-state index in [0.717, 1.165) is 43.0 Å². The zero-order valence-corrected chi connectivity index (χ0v) is 16.3. The Bertz CT molecular complexity index is 1010. The van der Waals surface area contributed by atoms with Crippen LogP contribution in [0.1, 0.15) is 12.8 Å². The summed E-state index contributed by atoms with van der Waals surface area (Å²) < 4.78 is 5.53. The second-order valence-electron chi connectivity index (χ2n) is 7.65. The highest BCUT2D eigenvalue weighted by Crippen LogP contribution is 2.24. The summed E-state index contributed by atoms with van der Waals surface area (Å²) in [7, 11) is 0. The standard InChI is InChI=1S/C23H24N4O2/c28-23(21-6-3-15-29-21)27-13-11-26(12-14-27)22-10-9-20(24-25-22)19-8-7-17-4-1-2-5-18(17)16-19/h1-2,4-5,7-10,16,21H,3,6,11-15H2. The van der Waals surface area contributed by atoms with Crippen molar-refractivity contribution in [1.29, 1.82) is 0 Å². The lowest BCUT2D eigenvalue weighted by atomic mass is 10.1. The van der Waals surface area contributed by atoms with Gasteiger partial charge in [-0.1, -0.05) is 36.4 Å². The number of ether oxygens (including phenoxy) is 1. The zero-order chi connectivity index (χ0) is 19.6. The van der Waals surface area contributed by atoms with Gasteiger partial charge in [-0.25, -0.2) is 0 Å². The number of aromatic nitrogens is 2. The Morgan fingerprint density at radius 3 is 2.48 bits per heavy atom. The maximum Gasteiger partial charge on any atom is 0.251 e. The van der Waals surface area contributed by atoms with Crippen LogP contribution in [-0.4, -0.2) is 59.9 Å². The van der Waals surface area contributed by atoms with Gasteiger partial charge in [0.15, 0.2) is 5.82 Å². The van der Waals surface area contributed by atoms with E-state index in [-0.39, 0.29) is 12.0 Å². The van der Waals surface area contributed by atoms with Gasteiger partial charge in [0.25, 0.3) is 5.91 Å². The third-order valence-corrected chi connectivity index (χ3v) is 5.82. The Balaban J connectivity index is 1.25. The topological polar surface area (TPSA) is 58.6 Å². The Hall–Kier alpha value is -2.99. The molecular weight excluding hydrogens is 364 g/mol. The molecule has 2 aromatic carbocycles. The summed E-state index contributed by atoms with van der Waals surface area (Å²) in [5, 5.41) is 11.3. The van der Waals surface area contributed by atoms with Gasteiger partial charge >= 0.3 is 0 Å². The number of benzene rings is 2. The maximum atomic E-state index is 12.5. The first-order valence-electron chi connectivity index (χ1n) is 10.3. The van der Waals surface area contributed by atoms with Crippen LogP contribution >= 0.6 is 0 Å². The average Bonchev–Trinajstić information content (AvgIpc) is 3.33. The molecule has 1 unspecified atom stereocenters. The molecule has 0 saturated carbocycles. The predicted octanol–water partition coefficient (Wildman–Crippen LogP) is 3.12. The quantitative estimate of drug-likeness (QED) is 0.690. The number of anilines is 1. The van der Waals surface area contributed by atoms with E-state index >= 15 is 0 Å². The van der Waals surface area contributed by atoms with Crippen LogP contribution in [-0.2, 0) is 9.53 Å². The lowest BCUT2D eigenvalue weighted by Crippen LogP contribution is -2.51. The van der Waals surface area contributed by atoms with E-state index in [1.807, 2.05) is 29.2 Å². The van der Waals surface area contributed by atoms with Crippen molar-refractivity contribution >= 4 is 22.5 Å². The molecule has 6 nitrogen and oxygen atoms in total. The van der Waals surface area contributed by atoms with Crippen molar-refractivity contribution in [2.24, 2.45) is 0 Å². The van der Waals surface area contributed by atoms with Gasteiger partial charge in [-0.15, -0.1) is 10.2 Å². The Labute approximate surface area is 170 Å². The number of fused-ring (bicyclic) bond motifs is 1. The molecule has 29 heavy (non-hydrogen) atoms. The van der Waals surface area contributed by atoms with Gasteiger partial charge in [0.1, 0.15) is 6.10 Å². The maximum absolute atomic E-state index is 12.5. The summed E-state index contributed by atoms with van der Waals surface area (Å²) in [6.45, 7) is 3.64. The van der Waals surface area contributed by atoms with Crippen molar-refractivity contribution < 1.29 is 9.53 Å². The molecule has 148 valence electrons. The molecule has 5 rings (SSSR count). The lowest BCUT2D eigenvalue weighted by Gasteiger charge is -2.36. The van der Waals surface area contributed by atoms with E-state index in [1.165, 1.54) is 10.8 Å². The third kappa shape index (κ3) is 3.68. The van der Waals surface area contributed by atoms with Gasteiger partial charge in [-0.2, -0.15) is 0 Å². The third-order valence-electron chi connectivity index (χ3n) is 5.82. The average molecular weight is 388 g/mol. The van der Waals surface area contributed by atoms with Crippen LogP contribution in [0.3, 0.4) is 0 Å². The fourth-order valence-electron chi connectivity index (χ4n) is 4.13. The summed E-state index contributed by atoms with van der Waals surface area (Å²) in [5.74, 6) is 0.999. The van der Waals surface area contributed by atoms with E-state index in [0.29, 0.717) is 19.7 Å². The number of amides is 1. The second kappa shape index (κ2) is 7.79. The monoisotopic (exact) mass is 388 g/mol. The van der Waals surface area contributed by atoms with Gasteiger partial charge < -0.3 is 14.5 Å². The molecule has 3 heterocycles. The first kappa shape index (κ1) is 18.1. The number of rotatable bonds is 3. The fraction of sp³-hybridized carbons (Fsp3) is 0.348. The molecule has 0 N–H and O–H groups in total. The first-order chi connectivity index (χ1) is 14.3. The van der Waals surface area contributed by atoms with Crippen molar-refractivity contribution in [3.63, 3.8) is 0 Å².